The van der Waals surface area contributed by atoms with Crippen molar-refractivity contribution in [1.82, 2.24) is 4.98 Å². The van der Waals surface area contributed by atoms with Crippen LogP contribution >= 0.6 is 0 Å². The molecule has 0 unspecified atom stereocenters. The van der Waals surface area contributed by atoms with Gasteiger partial charge in [0.2, 0.25) is 0 Å². The second-order valence-electron chi connectivity index (χ2n) is 4.35. The molecule has 2 aromatic rings. The maximum absolute atomic E-state index is 12.0. The molecule has 0 radical (unpaired) electrons. The summed E-state index contributed by atoms with van der Waals surface area (Å²) in [6, 6.07) is 7.95. The Kier molecular flexibility index (Phi) is 3.74. The molecule has 6 nitrogen and oxygen atoms in total. The van der Waals surface area contributed by atoms with Crippen molar-refractivity contribution in [1.29, 1.82) is 0 Å². The molecule has 0 spiro atoms. The van der Waals surface area contributed by atoms with E-state index >= 15 is 0 Å². The van der Waals surface area contributed by atoms with Gasteiger partial charge in [-0.15, -0.1) is 0 Å². The number of pyridine rings is 1. The number of hydrogen-bond acceptors (Lipinski definition) is 4. The van der Waals surface area contributed by atoms with Crippen LogP contribution in [0.4, 0.5) is 11.4 Å². The summed E-state index contributed by atoms with van der Waals surface area (Å²) in [6.07, 6.45) is 1.47. The monoisotopic (exact) mass is 271 g/mol. The second kappa shape index (κ2) is 5.48. The minimum absolute atomic E-state index is 0.0233. The first kappa shape index (κ1) is 13.7. The SMILES string of the molecule is Cc1ccc(C(=O)Nc2cccc([N+](=O)[O-])c2C)cn1. The van der Waals surface area contributed by atoms with E-state index in [1.54, 1.807) is 25.1 Å². The average molecular weight is 271 g/mol. The molecule has 0 atom stereocenters. The summed E-state index contributed by atoms with van der Waals surface area (Å²) in [5.41, 5.74) is 2.04. The molecule has 0 fully saturated rings. The number of benzene rings is 1. The van der Waals surface area contributed by atoms with E-state index in [2.05, 4.69) is 10.3 Å². The highest BCUT2D eigenvalue weighted by molar-refractivity contribution is 6.04. The van der Waals surface area contributed by atoms with Crippen molar-refractivity contribution in [3.05, 3.63) is 63.5 Å². The van der Waals surface area contributed by atoms with E-state index in [1.165, 1.54) is 18.3 Å². The number of hydrogen-bond donors (Lipinski definition) is 1. The van der Waals surface area contributed by atoms with E-state index in [4.69, 9.17) is 0 Å². The van der Waals surface area contributed by atoms with E-state index in [1.807, 2.05) is 6.92 Å². The minimum atomic E-state index is -0.474. The second-order valence-corrected chi connectivity index (χ2v) is 4.35. The highest BCUT2D eigenvalue weighted by atomic mass is 16.6. The third-order valence-corrected chi connectivity index (χ3v) is 2.92. The molecule has 0 bridgehead atoms. The fourth-order valence-electron chi connectivity index (χ4n) is 1.75. The van der Waals surface area contributed by atoms with Crippen molar-refractivity contribution in [3.63, 3.8) is 0 Å². The lowest BCUT2D eigenvalue weighted by Gasteiger charge is -2.08. The van der Waals surface area contributed by atoms with Gasteiger partial charge in [0, 0.05) is 18.0 Å². The number of nitro benzene ring substituents is 1. The summed E-state index contributed by atoms with van der Waals surface area (Å²) < 4.78 is 0. The van der Waals surface area contributed by atoms with Crippen LogP contribution in [0.25, 0.3) is 0 Å². The molecule has 0 saturated heterocycles. The van der Waals surface area contributed by atoms with Crippen LogP contribution in [0.5, 0.6) is 0 Å². The number of rotatable bonds is 3. The van der Waals surface area contributed by atoms with Gasteiger partial charge in [0.1, 0.15) is 0 Å². The van der Waals surface area contributed by atoms with E-state index < -0.39 is 4.92 Å². The van der Waals surface area contributed by atoms with Crippen LogP contribution in [0.2, 0.25) is 0 Å². The third-order valence-electron chi connectivity index (χ3n) is 2.92. The number of anilines is 1. The lowest BCUT2D eigenvalue weighted by Crippen LogP contribution is -2.13. The van der Waals surface area contributed by atoms with Gasteiger partial charge in [-0.3, -0.25) is 19.9 Å². The molecular formula is C14H13N3O3. The maximum Gasteiger partial charge on any atom is 0.274 e. The van der Waals surface area contributed by atoms with Crippen molar-refractivity contribution < 1.29 is 9.72 Å². The Bertz CT molecular complexity index is 666. The van der Waals surface area contributed by atoms with Crippen molar-refractivity contribution >= 4 is 17.3 Å². The lowest BCUT2D eigenvalue weighted by molar-refractivity contribution is -0.385. The lowest BCUT2D eigenvalue weighted by atomic mass is 10.1. The first-order chi connectivity index (χ1) is 9.49. The Labute approximate surface area is 115 Å². The van der Waals surface area contributed by atoms with E-state index in [0.717, 1.165) is 5.69 Å². The van der Waals surface area contributed by atoms with E-state index in [9.17, 15) is 14.9 Å². The molecule has 0 aliphatic rings. The molecule has 0 saturated carbocycles. The zero-order valence-corrected chi connectivity index (χ0v) is 11.1. The van der Waals surface area contributed by atoms with Crippen molar-refractivity contribution in [3.8, 4) is 0 Å². The molecule has 0 aliphatic heterocycles. The van der Waals surface area contributed by atoms with Crippen molar-refractivity contribution in [2.75, 3.05) is 5.32 Å². The van der Waals surface area contributed by atoms with E-state index in [-0.39, 0.29) is 11.6 Å². The highest BCUT2D eigenvalue weighted by Crippen LogP contribution is 2.25. The predicted molar refractivity (Wildman–Crippen MR) is 74.8 cm³/mol. The van der Waals surface area contributed by atoms with E-state index in [0.29, 0.717) is 16.8 Å². The first-order valence-corrected chi connectivity index (χ1v) is 5.97. The third kappa shape index (κ3) is 2.80. The van der Waals surface area contributed by atoms with Crippen LogP contribution in [0.1, 0.15) is 21.6 Å². The summed E-state index contributed by atoms with van der Waals surface area (Å²) in [4.78, 5) is 26.5. The number of aromatic nitrogens is 1. The minimum Gasteiger partial charge on any atom is -0.321 e. The highest BCUT2D eigenvalue weighted by Gasteiger charge is 2.15. The van der Waals surface area contributed by atoms with Gasteiger partial charge in [-0.05, 0) is 32.0 Å². The zero-order valence-electron chi connectivity index (χ0n) is 11.1. The number of amides is 1. The molecule has 1 aromatic carbocycles. The predicted octanol–water partition coefficient (Wildman–Crippen LogP) is 2.86. The van der Waals surface area contributed by atoms with Gasteiger partial charge in [0.25, 0.3) is 11.6 Å². The Morgan fingerprint density at radius 1 is 1.25 bits per heavy atom. The van der Waals surface area contributed by atoms with Crippen LogP contribution in [0.3, 0.4) is 0 Å². The van der Waals surface area contributed by atoms with Crippen molar-refractivity contribution in [2.45, 2.75) is 13.8 Å². The molecule has 1 N–H and O–H groups in total. The Morgan fingerprint density at radius 2 is 2.00 bits per heavy atom. The molecule has 0 aliphatic carbocycles. The summed E-state index contributed by atoms with van der Waals surface area (Å²) in [5.74, 6) is -0.346. The van der Waals surface area contributed by atoms with Gasteiger partial charge in [-0.1, -0.05) is 6.07 Å². The van der Waals surface area contributed by atoms with Crippen molar-refractivity contribution in [2.24, 2.45) is 0 Å². The summed E-state index contributed by atoms with van der Waals surface area (Å²) >= 11 is 0. The molecule has 6 heteroatoms. The van der Waals surface area contributed by atoms with Crippen LogP contribution in [-0.2, 0) is 0 Å². The molecule has 2 rings (SSSR count). The maximum atomic E-state index is 12.0. The molecule has 1 aromatic heterocycles. The zero-order chi connectivity index (χ0) is 14.7. The first-order valence-electron chi connectivity index (χ1n) is 5.97. The fourth-order valence-corrected chi connectivity index (χ4v) is 1.75. The van der Waals surface area contributed by atoms with Gasteiger partial charge >= 0.3 is 0 Å². The Balaban J connectivity index is 2.26. The Morgan fingerprint density at radius 3 is 2.60 bits per heavy atom. The molecule has 102 valence electrons. The van der Waals surface area contributed by atoms with Crippen LogP contribution in [0, 0.1) is 24.0 Å². The average Bonchev–Trinajstić information content (AvgIpc) is 2.41. The number of nitro groups is 1. The van der Waals surface area contributed by atoms with Gasteiger partial charge in [0.15, 0.2) is 0 Å². The number of aryl methyl sites for hydroxylation is 1. The molecule has 20 heavy (non-hydrogen) atoms. The number of nitrogens with one attached hydrogen (secondary N) is 1. The van der Waals surface area contributed by atoms with Crippen LogP contribution < -0.4 is 5.32 Å². The van der Waals surface area contributed by atoms with Gasteiger partial charge in [0.05, 0.1) is 21.7 Å². The number of carbonyl (C=O) groups is 1. The molecule has 1 heterocycles. The number of carbonyl (C=O) groups excluding carboxylic acids is 1. The largest absolute Gasteiger partial charge is 0.321 e. The normalized spacial score (nSPS) is 10.1. The summed E-state index contributed by atoms with van der Waals surface area (Å²) in [5, 5.41) is 13.5. The summed E-state index contributed by atoms with van der Waals surface area (Å²) in [6.45, 7) is 3.42. The van der Waals surface area contributed by atoms with Gasteiger partial charge in [-0.25, -0.2) is 0 Å². The molecular weight excluding hydrogens is 258 g/mol. The Hall–Kier alpha value is -2.76. The smallest absolute Gasteiger partial charge is 0.274 e. The number of nitrogens with zero attached hydrogens (tertiary/aromatic N) is 2. The van der Waals surface area contributed by atoms with Gasteiger partial charge < -0.3 is 5.32 Å². The summed E-state index contributed by atoms with van der Waals surface area (Å²) in [7, 11) is 0. The van der Waals surface area contributed by atoms with Crippen LogP contribution in [-0.4, -0.2) is 15.8 Å². The quantitative estimate of drug-likeness (QED) is 0.687. The standard InChI is InChI=1S/C14H13N3O3/c1-9-6-7-11(8-15-9)14(18)16-12-4-3-5-13(10(12)2)17(19)20/h3-8H,1-2H3,(H,16,18). The fraction of sp³-hybridized carbons (Fsp3) is 0.143. The molecule has 1 amide bonds. The van der Waals surface area contributed by atoms with Gasteiger partial charge in [-0.2, -0.15) is 0 Å². The van der Waals surface area contributed by atoms with Crippen LogP contribution in [0.15, 0.2) is 36.5 Å². The topological polar surface area (TPSA) is 85.1 Å².